The van der Waals surface area contributed by atoms with E-state index in [4.69, 9.17) is 14.4 Å². The Morgan fingerprint density at radius 2 is 1.88 bits per heavy atom. The van der Waals surface area contributed by atoms with Crippen LogP contribution in [0.1, 0.15) is 6.92 Å². The Morgan fingerprint density at radius 3 is 1.88 bits per heavy atom. The van der Waals surface area contributed by atoms with E-state index >= 15 is 0 Å². The topological polar surface area (TPSA) is 9.23 Å². The standard InChI is InChI=1S/C5H9O.ClH.Zn/c1-5(2)3-6-4-5;;/h1,3-4H2,2H3;1H;/q-1;;+2/p-1. The van der Waals surface area contributed by atoms with Crippen molar-refractivity contribution in [2.45, 2.75) is 6.92 Å². The molecule has 0 aromatic carbocycles. The maximum absolute atomic E-state index is 4.88. The molecule has 0 aromatic rings. The normalized spacial score (nSPS) is 22.6. The van der Waals surface area contributed by atoms with E-state index in [-0.39, 0.29) is 5.41 Å². The minimum atomic E-state index is 0.250. The zero-order valence-electron chi connectivity index (χ0n) is 5.11. The molecule has 0 atom stereocenters. The van der Waals surface area contributed by atoms with E-state index < -0.39 is 0 Å². The van der Waals surface area contributed by atoms with Crippen LogP contribution in [0, 0.1) is 12.3 Å². The van der Waals surface area contributed by atoms with Crippen molar-refractivity contribution < 1.29 is 22.0 Å². The fraction of sp³-hybridized carbons (Fsp3) is 0.800. The van der Waals surface area contributed by atoms with Crippen LogP contribution in [0.4, 0.5) is 0 Å². The molecular formula is C5H9ClOZn. The molecule has 1 aliphatic rings. The third-order valence-electron chi connectivity index (χ3n) is 0.901. The van der Waals surface area contributed by atoms with Crippen LogP contribution in [-0.2, 0) is 22.0 Å². The minimum absolute atomic E-state index is 0.250. The summed E-state index contributed by atoms with van der Waals surface area (Å²) in [7, 11) is 4.76. The van der Waals surface area contributed by atoms with Gasteiger partial charge in [0.2, 0.25) is 0 Å². The second-order valence-electron chi connectivity index (χ2n) is 2.30. The van der Waals surface area contributed by atoms with Gasteiger partial charge in [-0.2, -0.15) is 0 Å². The summed E-state index contributed by atoms with van der Waals surface area (Å²) in [6.07, 6.45) is 0. The summed E-state index contributed by atoms with van der Waals surface area (Å²) in [5.74, 6) is 0. The first-order chi connectivity index (χ1) is 3.71. The van der Waals surface area contributed by atoms with Gasteiger partial charge in [-0.3, -0.25) is 0 Å². The van der Waals surface area contributed by atoms with Crippen molar-refractivity contribution >= 4 is 9.69 Å². The molecule has 0 amide bonds. The molecule has 0 aliphatic carbocycles. The molecule has 1 rings (SSSR count). The molecular weight excluding hydrogens is 177 g/mol. The average molecular weight is 186 g/mol. The van der Waals surface area contributed by atoms with Gasteiger partial charge in [-0.1, -0.05) is 6.92 Å². The van der Waals surface area contributed by atoms with E-state index in [1.54, 1.807) is 0 Å². The van der Waals surface area contributed by atoms with Crippen LogP contribution in [0.3, 0.4) is 0 Å². The second kappa shape index (κ2) is 3.82. The first kappa shape index (κ1) is 8.87. The van der Waals surface area contributed by atoms with E-state index in [1.807, 2.05) is 0 Å². The Labute approximate surface area is 64.5 Å². The zero-order chi connectivity index (χ0) is 6.62. The molecule has 44 valence electrons. The van der Waals surface area contributed by atoms with Gasteiger partial charge in [0, 0.05) is 13.2 Å². The van der Waals surface area contributed by atoms with Gasteiger partial charge >= 0.3 is 27.0 Å². The molecule has 1 aliphatic heterocycles. The van der Waals surface area contributed by atoms with Crippen molar-refractivity contribution in [1.29, 1.82) is 0 Å². The third kappa shape index (κ3) is 3.01. The Balaban J connectivity index is 0.000000222. The van der Waals surface area contributed by atoms with Gasteiger partial charge in [-0.25, -0.2) is 0 Å². The SMILES string of the molecule is [CH2-]C1(C)COC1.[Cl][Zn+]. The molecule has 0 spiro atoms. The molecule has 1 nitrogen and oxygen atoms in total. The van der Waals surface area contributed by atoms with Gasteiger partial charge < -0.3 is 11.7 Å². The number of halogens is 1. The Hall–Kier alpha value is 0.873. The van der Waals surface area contributed by atoms with E-state index in [0.717, 1.165) is 30.5 Å². The molecule has 0 aromatic heterocycles. The predicted molar refractivity (Wildman–Crippen MR) is 30.1 cm³/mol. The van der Waals surface area contributed by atoms with E-state index in [0.29, 0.717) is 0 Å². The number of hydrogen-bond acceptors (Lipinski definition) is 1. The summed E-state index contributed by atoms with van der Waals surface area (Å²) in [5, 5.41) is 0. The van der Waals surface area contributed by atoms with Crippen molar-refractivity contribution in [2.24, 2.45) is 5.41 Å². The first-order valence-electron chi connectivity index (χ1n) is 2.41. The summed E-state index contributed by atoms with van der Waals surface area (Å²) < 4.78 is 4.88. The van der Waals surface area contributed by atoms with E-state index in [9.17, 15) is 0 Å². The fourth-order valence-electron chi connectivity index (χ4n) is 0.451. The molecule has 8 heavy (non-hydrogen) atoms. The quantitative estimate of drug-likeness (QED) is 0.411. The van der Waals surface area contributed by atoms with E-state index in [2.05, 4.69) is 13.8 Å². The van der Waals surface area contributed by atoms with Gasteiger partial charge in [-0.05, 0) is 0 Å². The van der Waals surface area contributed by atoms with Crippen molar-refractivity contribution in [3.05, 3.63) is 6.92 Å². The first-order valence-corrected chi connectivity index (χ1v) is 6.30. The maximum atomic E-state index is 4.88. The summed E-state index contributed by atoms with van der Waals surface area (Å²) in [4.78, 5) is 0. The van der Waals surface area contributed by atoms with Crippen LogP contribution in [0.15, 0.2) is 0 Å². The van der Waals surface area contributed by atoms with Gasteiger partial charge in [0.15, 0.2) is 0 Å². The van der Waals surface area contributed by atoms with Crippen LogP contribution in [0.2, 0.25) is 0 Å². The molecule has 0 N–H and O–H groups in total. The number of hydrogen-bond donors (Lipinski definition) is 0. The van der Waals surface area contributed by atoms with Gasteiger partial charge in [-0.15, -0.1) is 5.41 Å². The van der Waals surface area contributed by atoms with Gasteiger partial charge in [0.25, 0.3) is 0 Å². The van der Waals surface area contributed by atoms with Crippen LogP contribution >= 0.6 is 9.69 Å². The summed E-state index contributed by atoms with van der Waals surface area (Å²) in [6, 6.07) is 0. The summed E-state index contributed by atoms with van der Waals surface area (Å²) in [6.45, 7) is 7.62. The Kier molecular flexibility index (Phi) is 4.23. The molecule has 0 radical (unpaired) electrons. The van der Waals surface area contributed by atoms with Crippen molar-refractivity contribution in [3.8, 4) is 0 Å². The van der Waals surface area contributed by atoms with Gasteiger partial charge in [0.05, 0.1) is 0 Å². The number of ether oxygens (including phenoxy) is 1. The molecule has 0 unspecified atom stereocenters. The second-order valence-corrected chi connectivity index (χ2v) is 2.30. The molecule has 1 heterocycles. The zero-order valence-corrected chi connectivity index (χ0v) is 8.84. The van der Waals surface area contributed by atoms with Crippen molar-refractivity contribution in [1.82, 2.24) is 0 Å². The molecule has 3 heteroatoms. The van der Waals surface area contributed by atoms with Gasteiger partial charge in [0.1, 0.15) is 0 Å². The molecule has 0 bridgehead atoms. The van der Waals surface area contributed by atoms with Crippen LogP contribution in [0.25, 0.3) is 0 Å². The Bertz CT molecular complexity index is 59.4. The fourth-order valence-corrected chi connectivity index (χ4v) is 0.451. The van der Waals surface area contributed by atoms with Crippen molar-refractivity contribution in [3.63, 3.8) is 0 Å². The van der Waals surface area contributed by atoms with Crippen LogP contribution in [-0.4, -0.2) is 13.2 Å². The van der Waals surface area contributed by atoms with Crippen LogP contribution < -0.4 is 0 Å². The molecule has 1 fully saturated rings. The molecule has 0 saturated carbocycles. The molecule has 1 saturated heterocycles. The Morgan fingerprint density at radius 1 is 1.62 bits per heavy atom. The van der Waals surface area contributed by atoms with Crippen molar-refractivity contribution in [2.75, 3.05) is 13.2 Å². The number of rotatable bonds is 0. The monoisotopic (exact) mass is 184 g/mol. The average Bonchev–Trinajstić information content (AvgIpc) is 1.69. The van der Waals surface area contributed by atoms with Crippen LogP contribution in [0.5, 0.6) is 0 Å². The summed E-state index contributed by atoms with van der Waals surface area (Å²) in [5.41, 5.74) is 0.250. The summed E-state index contributed by atoms with van der Waals surface area (Å²) >= 11 is 0.847. The van der Waals surface area contributed by atoms with E-state index in [1.165, 1.54) is 0 Å². The predicted octanol–water partition coefficient (Wildman–Crippen LogP) is 1.54. The third-order valence-corrected chi connectivity index (χ3v) is 0.901.